The summed E-state index contributed by atoms with van der Waals surface area (Å²) in [5.41, 5.74) is 0.993. The van der Waals surface area contributed by atoms with Gasteiger partial charge >= 0.3 is 4.87 Å². The minimum absolute atomic E-state index is 0.0482. The van der Waals surface area contributed by atoms with E-state index in [1.54, 1.807) is 4.57 Å². The maximum absolute atomic E-state index is 12.4. The Morgan fingerprint density at radius 3 is 2.67 bits per heavy atom. The SMILES string of the molecule is Cc1sc(=O)n(CCC(=O)N2CCS[C@@H](C(C)C)C2)c1C. The lowest BCUT2D eigenvalue weighted by Crippen LogP contribution is -2.43. The van der Waals surface area contributed by atoms with Gasteiger partial charge in [-0.3, -0.25) is 9.59 Å². The first-order valence-corrected chi connectivity index (χ1v) is 9.33. The van der Waals surface area contributed by atoms with E-state index in [0.717, 1.165) is 29.4 Å². The highest BCUT2D eigenvalue weighted by molar-refractivity contribution is 8.00. The molecule has 1 fully saturated rings. The average Bonchev–Trinajstić information content (AvgIpc) is 2.70. The molecule has 4 nitrogen and oxygen atoms in total. The van der Waals surface area contributed by atoms with Crippen molar-refractivity contribution < 1.29 is 4.79 Å². The Morgan fingerprint density at radius 1 is 1.38 bits per heavy atom. The number of amides is 1. The second-order valence-corrected chi connectivity index (χ2v) is 8.42. The Morgan fingerprint density at radius 2 is 2.10 bits per heavy atom. The number of nitrogens with zero attached hydrogens (tertiary/aromatic N) is 2. The Bertz CT molecular complexity index is 563. The topological polar surface area (TPSA) is 42.3 Å². The van der Waals surface area contributed by atoms with Gasteiger partial charge in [-0.25, -0.2) is 0 Å². The number of thiazole rings is 1. The molecule has 1 aromatic rings. The molecule has 0 unspecified atom stereocenters. The fourth-order valence-electron chi connectivity index (χ4n) is 2.52. The van der Waals surface area contributed by atoms with E-state index in [2.05, 4.69) is 13.8 Å². The molecular weight excluding hydrogens is 304 g/mol. The van der Waals surface area contributed by atoms with Gasteiger partial charge in [0.05, 0.1) is 0 Å². The van der Waals surface area contributed by atoms with Gasteiger partial charge in [0.2, 0.25) is 5.91 Å². The van der Waals surface area contributed by atoms with E-state index in [-0.39, 0.29) is 10.8 Å². The fraction of sp³-hybridized carbons (Fsp3) is 0.733. The Labute approximate surface area is 134 Å². The second-order valence-electron chi connectivity index (χ2n) is 5.90. The molecule has 1 aliphatic heterocycles. The second kappa shape index (κ2) is 7.01. The van der Waals surface area contributed by atoms with Gasteiger partial charge in [0, 0.05) is 47.6 Å². The molecule has 6 heteroatoms. The van der Waals surface area contributed by atoms with Crippen LogP contribution in [-0.4, -0.2) is 39.5 Å². The van der Waals surface area contributed by atoms with Crippen molar-refractivity contribution in [2.24, 2.45) is 5.92 Å². The third kappa shape index (κ3) is 3.92. The van der Waals surface area contributed by atoms with Crippen LogP contribution in [0, 0.1) is 19.8 Å². The summed E-state index contributed by atoms with van der Waals surface area (Å²) in [4.78, 5) is 27.3. The quantitative estimate of drug-likeness (QED) is 0.853. The van der Waals surface area contributed by atoms with E-state index in [1.165, 1.54) is 11.3 Å². The van der Waals surface area contributed by atoms with E-state index in [9.17, 15) is 9.59 Å². The van der Waals surface area contributed by atoms with E-state index < -0.39 is 0 Å². The van der Waals surface area contributed by atoms with Crippen LogP contribution in [-0.2, 0) is 11.3 Å². The highest BCUT2D eigenvalue weighted by atomic mass is 32.2. The smallest absolute Gasteiger partial charge is 0.307 e. The average molecular weight is 329 g/mol. The molecule has 1 aromatic heterocycles. The summed E-state index contributed by atoms with van der Waals surface area (Å²) >= 11 is 3.23. The Kier molecular flexibility index (Phi) is 5.54. The van der Waals surface area contributed by atoms with E-state index in [1.807, 2.05) is 30.5 Å². The summed E-state index contributed by atoms with van der Waals surface area (Å²) in [5.74, 6) is 1.79. The van der Waals surface area contributed by atoms with Crippen molar-refractivity contribution in [1.29, 1.82) is 0 Å². The maximum Gasteiger partial charge on any atom is 0.307 e. The number of hydrogen-bond acceptors (Lipinski definition) is 4. The number of hydrogen-bond donors (Lipinski definition) is 0. The van der Waals surface area contributed by atoms with Crippen molar-refractivity contribution >= 4 is 29.0 Å². The van der Waals surface area contributed by atoms with Gasteiger partial charge in [0.1, 0.15) is 0 Å². The van der Waals surface area contributed by atoms with Crippen molar-refractivity contribution in [3.8, 4) is 0 Å². The van der Waals surface area contributed by atoms with Gasteiger partial charge in [-0.15, -0.1) is 0 Å². The first-order valence-electron chi connectivity index (χ1n) is 7.46. The van der Waals surface area contributed by atoms with E-state index in [0.29, 0.717) is 24.1 Å². The van der Waals surface area contributed by atoms with Gasteiger partial charge in [-0.05, 0) is 19.8 Å². The summed E-state index contributed by atoms with van der Waals surface area (Å²) < 4.78 is 1.73. The zero-order valence-electron chi connectivity index (χ0n) is 13.2. The zero-order chi connectivity index (χ0) is 15.6. The third-order valence-corrected chi connectivity index (χ3v) is 6.65. The predicted octanol–water partition coefficient (Wildman–Crippen LogP) is 2.52. The summed E-state index contributed by atoms with van der Waals surface area (Å²) in [6, 6.07) is 0. The van der Waals surface area contributed by atoms with Crippen molar-refractivity contribution in [2.75, 3.05) is 18.8 Å². The van der Waals surface area contributed by atoms with Gasteiger partial charge in [-0.2, -0.15) is 11.8 Å². The van der Waals surface area contributed by atoms with Gasteiger partial charge in [0.25, 0.3) is 0 Å². The fourth-order valence-corrected chi connectivity index (χ4v) is 4.67. The van der Waals surface area contributed by atoms with Gasteiger partial charge in [-0.1, -0.05) is 25.2 Å². The van der Waals surface area contributed by atoms with Crippen LogP contribution in [0.3, 0.4) is 0 Å². The monoisotopic (exact) mass is 328 g/mol. The van der Waals surface area contributed by atoms with Crippen LogP contribution < -0.4 is 4.87 Å². The Hall–Kier alpha value is -0.750. The van der Waals surface area contributed by atoms with Crippen LogP contribution in [0.5, 0.6) is 0 Å². The predicted molar refractivity (Wildman–Crippen MR) is 90.3 cm³/mol. The van der Waals surface area contributed by atoms with Crippen LogP contribution in [0.15, 0.2) is 4.79 Å². The minimum atomic E-state index is 0.0482. The molecule has 0 radical (unpaired) electrons. The van der Waals surface area contributed by atoms with Crippen molar-refractivity contribution in [1.82, 2.24) is 9.47 Å². The number of carbonyl (C=O) groups is 1. The molecule has 1 atom stereocenters. The molecule has 0 bridgehead atoms. The maximum atomic E-state index is 12.4. The van der Waals surface area contributed by atoms with Crippen molar-refractivity contribution in [3.63, 3.8) is 0 Å². The molecule has 0 saturated carbocycles. The number of thioether (sulfide) groups is 1. The molecule has 1 aliphatic rings. The van der Waals surface area contributed by atoms with E-state index >= 15 is 0 Å². The molecule has 1 amide bonds. The largest absolute Gasteiger partial charge is 0.341 e. The standard InChI is InChI=1S/C15H24N2O2S2/c1-10(2)13-9-16(7-8-20-13)14(18)5-6-17-11(3)12(4)21-15(17)19/h10,13H,5-9H2,1-4H3/t13-/m1/s1. The summed E-state index contributed by atoms with van der Waals surface area (Å²) in [5, 5.41) is 0.538. The third-order valence-electron chi connectivity index (χ3n) is 4.11. The molecule has 0 aliphatic carbocycles. The highest BCUT2D eigenvalue weighted by Gasteiger charge is 2.25. The van der Waals surface area contributed by atoms with Crippen molar-refractivity contribution in [3.05, 3.63) is 20.2 Å². The number of aromatic nitrogens is 1. The highest BCUT2D eigenvalue weighted by Crippen LogP contribution is 2.25. The molecular formula is C15H24N2O2S2. The lowest BCUT2D eigenvalue weighted by Gasteiger charge is -2.34. The van der Waals surface area contributed by atoms with Gasteiger partial charge in [0.15, 0.2) is 0 Å². The van der Waals surface area contributed by atoms with E-state index in [4.69, 9.17) is 0 Å². The van der Waals surface area contributed by atoms with Crippen LogP contribution in [0.2, 0.25) is 0 Å². The molecule has 2 rings (SSSR count). The first-order chi connectivity index (χ1) is 9.90. The molecule has 2 heterocycles. The van der Waals surface area contributed by atoms with Crippen molar-refractivity contribution in [2.45, 2.75) is 45.9 Å². The van der Waals surface area contributed by atoms with Crippen LogP contribution >= 0.6 is 23.1 Å². The lowest BCUT2D eigenvalue weighted by molar-refractivity contribution is -0.131. The molecule has 1 saturated heterocycles. The Balaban J connectivity index is 1.94. The molecule has 0 spiro atoms. The summed E-state index contributed by atoms with van der Waals surface area (Å²) in [6.45, 7) is 10.5. The minimum Gasteiger partial charge on any atom is -0.341 e. The number of aryl methyl sites for hydroxylation is 1. The zero-order valence-corrected chi connectivity index (χ0v) is 14.9. The molecule has 21 heavy (non-hydrogen) atoms. The van der Waals surface area contributed by atoms with Crippen LogP contribution in [0.4, 0.5) is 0 Å². The van der Waals surface area contributed by atoms with Gasteiger partial charge < -0.3 is 9.47 Å². The normalized spacial score (nSPS) is 19.3. The van der Waals surface area contributed by atoms with Crippen LogP contribution in [0.1, 0.15) is 30.8 Å². The number of carbonyl (C=O) groups excluding carboxylic acids is 1. The summed E-state index contributed by atoms with van der Waals surface area (Å²) in [6.07, 6.45) is 0.423. The summed E-state index contributed by atoms with van der Waals surface area (Å²) in [7, 11) is 0. The molecule has 118 valence electrons. The lowest BCUT2D eigenvalue weighted by atomic mass is 10.1. The number of rotatable bonds is 4. The van der Waals surface area contributed by atoms with Crippen LogP contribution in [0.25, 0.3) is 0 Å². The first kappa shape index (κ1) is 16.6. The molecule has 0 N–H and O–H groups in total. The molecule has 0 aromatic carbocycles.